The smallest absolute Gasteiger partial charge is 0.248 e. The fraction of sp³-hybridized carbons (Fsp3) is 0.0870. The summed E-state index contributed by atoms with van der Waals surface area (Å²) in [6.45, 7) is 2.55. The van der Waals surface area contributed by atoms with Gasteiger partial charge in [0, 0.05) is 11.8 Å². The molecular formula is C23H21NO2. The number of carbonyl (C=O) groups is 1. The van der Waals surface area contributed by atoms with E-state index in [4.69, 9.17) is 4.74 Å². The molecule has 0 spiro atoms. The summed E-state index contributed by atoms with van der Waals surface area (Å²) in [7, 11) is 0. The van der Waals surface area contributed by atoms with Crippen molar-refractivity contribution in [2.24, 2.45) is 0 Å². The summed E-state index contributed by atoms with van der Waals surface area (Å²) in [6, 6.07) is 25.4. The molecule has 3 aromatic rings. The second-order valence-corrected chi connectivity index (χ2v) is 6.03. The summed E-state index contributed by atoms with van der Waals surface area (Å²) in [6.07, 6.45) is 3.31. The molecule has 0 saturated heterocycles. The molecule has 0 heterocycles. The van der Waals surface area contributed by atoms with E-state index in [1.807, 2.05) is 85.8 Å². The first kappa shape index (κ1) is 17.5. The molecule has 0 atom stereocenters. The molecule has 0 radical (unpaired) electrons. The van der Waals surface area contributed by atoms with Crippen molar-refractivity contribution >= 4 is 17.7 Å². The molecule has 0 bridgehead atoms. The fourth-order valence-corrected chi connectivity index (χ4v) is 2.41. The Morgan fingerprint density at radius 2 is 1.62 bits per heavy atom. The third-order valence-electron chi connectivity index (χ3n) is 3.87. The highest BCUT2D eigenvalue weighted by atomic mass is 16.5. The number of carbonyl (C=O) groups excluding carboxylic acids is 1. The lowest BCUT2D eigenvalue weighted by atomic mass is 10.2. The zero-order valence-electron chi connectivity index (χ0n) is 14.7. The van der Waals surface area contributed by atoms with E-state index in [1.54, 1.807) is 6.08 Å². The Hall–Kier alpha value is -3.33. The van der Waals surface area contributed by atoms with E-state index in [2.05, 4.69) is 5.32 Å². The van der Waals surface area contributed by atoms with Gasteiger partial charge in [0.05, 0.1) is 0 Å². The highest BCUT2D eigenvalue weighted by molar-refractivity contribution is 6.01. The van der Waals surface area contributed by atoms with Gasteiger partial charge < -0.3 is 10.1 Å². The van der Waals surface area contributed by atoms with Crippen molar-refractivity contribution in [2.75, 3.05) is 5.32 Å². The van der Waals surface area contributed by atoms with Crippen molar-refractivity contribution in [3.05, 3.63) is 102 Å². The lowest BCUT2D eigenvalue weighted by Crippen LogP contribution is -2.07. The fourth-order valence-electron chi connectivity index (χ4n) is 2.41. The maximum absolute atomic E-state index is 12.0. The number of aryl methyl sites for hydroxylation is 1. The summed E-state index contributed by atoms with van der Waals surface area (Å²) in [5, 5.41) is 2.84. The molecule has 3 heteroatoms. The van der Waals surface area contributed by atoms with Gasteiger partial charge in [-0.15, -0.1) is 0 Å². The predicted molar refractivity (Wildman–Crippen MR) is 106 cm³/mol. The van der Waals surface area contributed by atoms with Gasteiger partial charge in [0.1, 0.15) is 12.4 Å². The summed E-state index contributed by atoms with van der Waals surface area (Å²) in [5.41, 5.74) is 4.02. The number of ether oxygens (including phenoxy) is 1. The topological polar surface area (TPSA) is 38.3 Å². The Morgan fingerprint density at radius 3 is 2.31 bits per heavy atom. The summed E-state index contributed by atoms with van der Waals surface area (Å²) >= 11 is 0. The van der Waals surface area contributed by atoms with Crippen LogP contribution in [0, 0.1) is 6.92 Å². The Bertz CT molecular complexity index is 866. The molecular weight excluding hydrogens is 322 g/mol. The molecule has 0 aliphatic heterocycles. The molecule has 3 nitrogen and oxygen atoms in total. The Labute approximate surface area is 154 Å². The van der Waals surface area contributed by atoms with E-state index in [-0.39, 0.29) is 5.91 Å². The third-order valence-corrected chi connectivity index (χ3v) is 3.87. The van der Waals surface area contributed by atoms with Gasteiger partial charge in [0.2, 0.25) is 5.91 Å². The zero-order chi connectivity index (χ0) is 18.2. The Kier molecular flexibility index (Phi) is 5.84. The maximum atomic E-state index is 12.0. The number of nitrogens with one attached hydrogen (secondary N) is 1. The van der Waals surface area contributed by atoms with E-state index in [1.165, 1.54) is 6.08 Å². The molecule has 26 heavy (non-hydrogen) atoms. The minimum atomic E-state index is -0.154. The van der Waals surface area contributed by atoms with Crippen molar-refractivity contribution in [1.29, 1.82) is 0 Å². The SMILES string of the molecule is Cc1ccc(NC(=O)C=Cc2ccc(OCc3ccccc3)cc2)cc1. The van der Waals surface area contributed by atoms with Gasteiger partial charge in [-0.1, -0.05) is 60.2 Å². The number of rotatable bonds is 6. The van der Waals surface area contributed by atoms with Crippen molar-refractivity contribution < 1.29 is 9.53 Å². The normalized spacial score (nSPS) is 10.7. The van der Waals surface area contributed by atoms with Gasteiger partial charge in [0.15, 0.2) is 0 Å². The van der Waals surface area contributed by atoms with Crippen molar-refractivity contribution in [3.8, 4) is 5.75 Å². The van der Waals surface area contributed by atoms with Crippen LogP contribution in [0.4, 0.5) is 5.69 Å². The summed E-state index contributed by atoms with van der Waals surface area (Å²) < 4.78 is 5.76. The average Bonchev–Trinajstić information content (AvgIpc) is 2.68. The largest absolute Gasteiger partial charge is 0.489 e. The second kappa shape index (κ2) is 8.67. The molecule has 1 amide bonds. The van der Waals surface area contributed by atoms with Gasteiger partial charge in [0.25, 0.3) is 0 Å². The van der Waals surface area contributed by atoms with Crippen molar-refractivity contribution in [3.63, 3.8) is 0 Å². The van der Waals surface area contributed by atoms with Crippen LogP contribution < -0.4 is 10.1 Å². The molecule has 3 aromatic carbocycles. The van der Waals surface area contributed by atoms with Gasteiger partial charge in [-0.05, 0) is 48.4 Å². The summed E-state index contributed by atoms with van der Waals surface area (Å²) in [4.78, 5) is 12.0. The molecule has 0 aliphatic carbocycles. The van der Waals surface area contributed by atoms with Crippen LogP contribution in [-0.4, -0.2) is 5.91 Å². The van der Waals surface area contributed by atoms with Crippen LogP contribution in [-0.2, 0) is 11.4 Å². The average molecular weight is 343 g/mol. The van der Waals surface area contributed by atoms with Crippen molar-refractivity contribution in [1.82, 2.24) is 0 Å². The van der Waals surface area contributed by atoms with E-state index in [9.17, 15) is 4.79 Å². The van der Waals surface area contributed by atoms with Gasteiger partial charge in [-0.25, -0.2) is 0 Å². The molecule has 0 aliphatic rings. The van der Waals surface area contributed by atoms with Crippen LogP contribution >= 0.6 is 0 Å². The molecule has 3 rings (SSSR count). The van der Waals surface area contributed by atoms with Gasteiger partial charge >= 0.3 is 0 Å². The minimum absolute atomic E-state index is 0.154. The number of hydrogen-bond acceptors (Lipinski definition) is 2. The van der Waals surface area contributed by atoms with E-state index >= 15 is 0 Å². The highest BCUT2D eigenvalue weighted by Crippen LogP contribution is 2.15. The minimum Gasteiger partial charge on any atom is -0.489 e. The first-order valence-corrected chi connectivity index (χ1v) is 8.51. The van der Waals surface area contributed by atoms with Crippen LogP contribution in [0.15, 0.2) is 84.9 Å². The number of benzene rings is 3. The molecule has 1 N–H and O–H groups in total. The standard InChI is InChI=1S/C23H21NO2/c1-18-7-12-21(13-8-18)24-23(25)16-11-19-9-14-22(15-10-19)26-17-20-5-3-2-4-6-20/h2-16H,17H2,1H3,(H,24,25). The second-order valence-electron chi connectivity index (χ2n) is 6.03. The third kappa shape index (κ3) is 5.35. The molecule has 0 fully saturated rings. The first-order valence-electron chi connectivity index (χ1n) is 8.51. The zero-order valence-corrected chi connectivity index (χ0v) is 14.7. The molecule has 0 unspecified atom stereocenters. The number of anilines is 1. The number of amides is 1. The van der Waals surface area contributed by atoms with Crippen molar-refractivity contribution in [2.45, 2.75) is 13.5 Å². The molecule has 130 valence electrons. The lowest BCUT2D eigenvalue weighted by molar-refractivity contribution is -0.111. The Morgan fingerprint density at radius 1 is 0.923 bits per heavy atom. The van der Waals surface area contributed by atoms with Crippen LogP contribution in [0.2, 0.25) is 0 Å². The quantitative estimate of drug-likeness (QED) is 0.623. The maximum Gasteiger partial charge on any atom is 0.248 e. The highest BCUT2D eigenvalue weighted by Gasteiger charge is 1.99. The van der Waals surface area contributed by atoms with Gasteiger partial charge in [-0.3, -0.25) is 4.79 Å². The van der Waals surface area contributed by atoms with Crippen LogP contribution in [0.5, 0.6) is 5.75 Å². The Balaban J connectivity index is 1.52. The lowest BCUT2D eigenvalue weighted by Gasteiger charge is -2.06. The first-order chi connectivity index (χ1) is 12.7. The van der Waals surface area contributed by atoms with Crippen LogP contribution in [0.1, 0.15) is 16.7 Å². The predicted octanol–water partition coefficient (Wildman–Crippen LogP) is 5.23. The van der Waals surface area contributed by atoms with Gasteiger partial charge in [-0.2, -0.15) is 0 Å². The van der Waals surface area contributed by atoms with Crippen LogP contribution in [0.3, 0.4) is 0 Å². The molecule has 0 aromatic heterocycles. The van der Waals surface area contributed by atoms with E-state index in [0.717, 1.165) is 28.1 Å². The van der Waals surface area contributed by atoms with Crippen LogP contribution in [0.25, 0.3) is 6.08 Å². The van der Waals surface area contributed by atoms with E-state index < -0.39 is 0 Å². The number of hydrogen-bond donors (Lipinski definition) is 1. The molecule has 0 saturated carbocycles. The monoisotopic (exact) mass is 343 g/mol. The summed E-state index contributed by atoms with van der Waals surface area (Å²) in [5.74, 6) is 0.647. The van der Waals surface area contributed by atoms with E-state index in [0.29, 0.717) is 6.61 Å².